The van der Waals surface area contributed by atoms with Gasteiger partial charge in [-0.15, -0.1) is 0 Å². The maximum Gasteiger partial charge on any atom is 0.321 e. The maximum absolute atomic E-state index is 13.0. The number of rotatable bonds is 5. The molecule has 8 nitrogen and oxygen atoms in total. The maximum atomic E-state index is 13.0. The smallest absolute Gasteiger partial charge is 0.321 e. The number of hydrogen-bond donors (Lipinski definition) is 2. The fraction of sp³-hybridized carbons (Fsp3) is 0.391. The quantitative estimate of drug-likeness (QED) is 0.621. The summed E-state index contributed by atoms with van der Waals surface area (Å²) in [6, 6.07) is 7.82. The fourth-order valence-corrected chi connectivity index (χ4v) is 5.36. The first kappa shape index (κ1) is 20.7. The van der Waals surface area contributed by atoms with E-state index in [-0.39, 0.29) is 18.0 Å². The van der Waals surface area contributed by atoms with Crippen LogP contribution in [0.3, 0.4) is 0 Å². The van der Waals surface area contributed by atoms with Gasteiger partial charge in [-0.3, -0.25) is 10.1 Å². The molecule has 1 aliphatic carbocycles. The van der Waals surface area contributed by atoms with E-state index in [1.807, 2.05) is 39.9 Å². The average Bonchev–Trinajstić information content (AvgIpc) is 3.55. The van der Waals surface area contributed by atoms with Crippen LogP contribution in [-0.4, -0.2) is 44.0 Å². The third kappa shape index (κ3) is 4.67. The first-order valence-corrected chi connectivity index (χ1v) is 11.9. The van der Waals surface area contributed by atoms with Gasteiger partial charge < -0.3 is 14.8 Å². The van der Waals surface area contributed by atoms with Crippen LogP contribution < -0.4 is 10.6 Å². The highest BCUT2D eigenvalue weighted by atomic mass is 32.1. The topological polar surface area (TPSA) is 92.2 Å². The molecule has 0 radical (unpaired) electrons. The predicted octanol–water partition coefficient (Wildman–Crippen LogP) is 3.65. The van der Waals surface area contributed by atoms with Gasteiger partial charge in [-0.1, -0.05) is 36.3 Å². The van der Waals surface area contributed by atoms with E-state index in [0.29, 0.717) is 30.2 Å². The minimum absolute atomic E-state index is 0.0201. The third-order valence-electron chi connectivity index (χ3n) is 6.05. The Bertz CT molecular complexity index is 1090. The summed E-state index contributed by atoms with van der Waals surface area (Å²) in [5.41, 5.74) is 2.78. The van der Waals surface area contributed by atoms with E-state index in [2.05, 4.69) is 20.6 Å². The molecule has 3 aromatic rings. The number of imidazole rings is 1. The summed E-state index contributed by atoms with van der Waals surface area (Å²) < 4.78 is 1.99. The van der Waals surface area contributed by atoms with Crippen molar-refractivity contribution in [3.05, 3.63) is 64.7 Å². The van der Waals surface area contributed by atoms with Crippen molar-refractivity contribution < 1.29 is 9.59 Å². The summed E-state index contributed by atoms with van der Waals surface area (Å²) >= 11 is 1.46. The average molecular weight is 451 g/mol. The van der Waals surface area contributed by atoms with Crippen molar-refractivity contribution in [2.75, 3.05) is 11.9 Å². The SMILES string of the molecule is O=C(Nc1nc2c(s1)CN(C(=O)c1ccc(Cn3ccnc3)cc1)CC2)NC1CCCC1. The highest BCUT2D eigenvalue weighted by Crippen LogP contribution is 2.29. The van der Waals surface area contributed by atoms with E-state index in [4.69, 9.17) is 0 Å². The number of amides is 3. The molecule has 1 fully saturated rings. The molecule has 1 aromatic carbocycles. The van der Waals surface area contributed by atoms with Crippen molar-refractivity contribution in [3.63, 3.8) is 0 Å². The van der Waals surface area contributed by atoms with Crippen molar-refractivity contribution in [1.82, 2.24) is 24.8 Å². The van der Waals surface area contributed by atoms with Gasteiger partial charge >= 0.3 is 6.03 Å². The van der Waals surface area contributed by atoms with Crippen molar-refractivity contribution in [1.29, 1.82) is 0 Å². The van der Waals surface area contributed by atoms with Crippen LogP contribution in [0.25, 0.3) is 0 Å². The van der Waals surface area contributed by atoms with Crippen molar-refractivity contribution >= 4 is 28.4 Å². The summed E-state index contributed by atoms with van der Waals surface area (Å²) in [4.78, 5) is 36.8. The number of nitrogens with one attached hydrogen (secondary N) is 2. The molecule has 9 heteroatoms. The zero-order chi connectivity index (χ0) is 21.9. The minimum Gasteiger partial charge on any atom is -0.335 e. The van der Waals surface area contributed by atoms with E-state index < -0.39 is 0 Å². The summed E-state index contributed by atoms with van der Waals surface area (Å²) in [6.07, 6.45) is 10.6. The molecule has 2 aliphatic rings. The van der Waals surface area contributed by atoms with Crippen molar-refractivity contribution in [2.45, 2.75) is 51.2 Å². The van der Waals surface area contributed by atoms with Gasteiger partial charge in [0.15, 0.2) is 5.13 Å². The monoisotopic (exact) mass is 450 g/mol. The zero-order valence-corrected chi connectivity index (χ0v) is 18.6. The van der Waals surface area contributed by atoms with E-state index in [0.717, 1.165) is 35.5 Å². The Morgan fingerprint density at radius 1 is 1.16 bits per heavy atom. The van der Waals surface area contributed by atoms with Gasteiger partial charge in [-0.25, -0.2) is 14.8 Å². The van der Waals surface area contributed by atoms with Crippen LogP contribution in [0.1, 0.15) is 52.2 Å². The van der Waals surface area contributed by atoms with Crippen LogP contribution in [-0.2, 0) is 19.5 Å². The molecule has 0 saturated heterocycles. The lowest BCUT2D eigenvalue weighted by atomic mass is 10.1. The van der Waals surface area contributed by atoms with Crippen LogP contribution in [0.4, 0.5) is 9.93 Å². The van der Waals surface area contributed by atoms with Gasteiger partial charge in [0.25, 0.3) is 5.91 Å². The molecular formula is C23H26N6O2S. The molecule has 166 valence electrons. The number of fused-ring (bicyclic) bond motifs is 1. The lowest BCUT2D eigenvalue weighted by molar-refractivity contribution is 0.0736. The number of aromatic nitrogens is 3. The van der Waals surface area contributed by atoms with Crippen molar-refractivity contribution in [3.8, 4) is 0 Å². The Kier molecular flexibility index (Phi) is 5.89. The molecular weight excluding hydrogens is 424 g/mol. The molecule has 0 atom stereocenters. The summed E-state index contributed by atoms with van der Waals surface area (Å²) in [5.74, 6) is 0.0201. The molecule has 0 spiro atoms. The Labute approximate surface area is 190 Å². The largest absolute Gasteiger partial charge is 0.335 e. The molecule has 3 amide bonds. The highest BCUT2D eigenvalue weighted by Gasteiger charge is 2.26. The molecule has 1 aliphatic heterocycles. The molecule has 32 heavy (non-hydrogen) atoms. The van der Waals surface area contributed by atoms with Crippen LogP contribution >= 0.6 is 11.3 Å². The number of urea groups is 1. The van der Waals surface area contributed by atoms with E-state index in [1.165, 1.54) is 24.2 Å². The van der Waals surface area contributed by atoms with Gasteiger partial charge in [0.1, 0.15) is 0 Å². The Balaban J connectivity index is 1.19. The third-order valence-corrected chi connectivity index (χ3v) is 7.05. The van der Waals surface area contributed by atoms with E-state index in [1.54, 1.807) is 12.5 Å². The lowest BCUT2D eigenvalue weighted by Crippen LogP contribution is -2.36. The molecule has 2 N–H and O–H groups in total. The number of thiazole rings is 1. The molecule has 1 saturated carbocycles. The summed E-state index contributed by atoms with van der Waals surface area (Å²) in [6.45, 7) is 1.88. The van der Waals surface area contributed by atoms with Gasteiger partial charge in [-0.2, -0.15) is 0 Å². The Morgan fingerprint density at radius 3 is 2.72 bits per heavy atom. The highest BCUT2D eigenvalue weighted by molar-refractivity contribution is 7.15. The standard InChI is InChI=1S/C23H26N6O2S/c30-21(17-7-5-16(6-8-17)13-28-12-10-24-15-28)29-11-9-19-20(14-29)32-23(26-19)27-22(31)25-18-3-1-2-4-18/h5-8,10,12,15,18H,1-4,9,11,13-14H2,(H2,25,26,27,31). The number of carbonyl (C=O) groups is 2. The molecule has 3 heterocycles. The minimum atomic E-state index is -0.188. The molecule has 2 aromatic heterocycles. The summed E-state index contributed by atoms with van der Waals surface area (Å²) in [7, 11) is 0. The van der Waals surface area contributed by atoms with E-state index in [9.17, 15) is 9.59 Å². The predicted molar refractivity (Wildman–Crippen MR) is 123 cm³/mol. The number of benzene rings is 1. The van der Waals surface area contributed by atoms with Crippen molar-refractivity contribution in [2.24, 2.45) is 0 Å². The number of anilines is 1. The second-order valence-corrected chi connectivity index (χ2v) is 9.46. The Morgan fingerprint density at radius 2 is 1.97 bits per heavy atom. The second-order valence-electron chi connectivity index (χ2n) is 8.38. The van der Waals surface area contributed by atoms with E-state index >= 15 is 0 Å². The van der Waals surface area contributed by atoms with Gasteiger partial charge in [-0.05, 0) is 30.5 Å². The van der Waals surface area contributed by atoms with Crippen LogP contribution in [0.2, 0.25) is 0 Å². The van der Waals surface area contributed by atoms with Gasteiger partial charge in [0, 0.05) is 48.4 Å². The lowest BCUT2D eigenvalue weighted by Gasteiger charge is -2.26. The van der Waals surface area contributed by atoms with Gasteiger partial charge in [0.2, 0.25) is 0 Å². The number of nitrogens with zero attached hydrogens (tertiary/aromatic N) is 4. The Hall–Kier alpha value is -3.20. The number of hydrogen-bond acceptors (Lipinski definition) is 5. The van der Waals surface area contributed by atoms with Gasteiger partial charge in [0.05, 0.1) is 18.6 Å². The molecule has 0 unspecified atom stereocenters. The van der Waals surface area contributed by atoms with Crippen LogP contribution in [0, 0.1) is 0 Å². The first-order valence-electron chi connectivity index (χ1n) is 11.0. The molecule has 0 bridgehead atoms. The van der Waals surface area contributed by atoms with Crippen LogP contribution in [0.5, 0.6) is 0 Å². The number of carbonyl (C=O) groups excluding carboxylic acids is 2. The first-order chi connectivity index (χ1) is 15.6. The van der Waals surface area contributed by atoms with Crippen LogP contribution in [0.15, 0.2) is 43.0 Å². The fourth-order valence-electron chi connectivity index (χ4n) is 4.34. The normalized spacial score (nSPS) is 16.1. The second kappa shape index (κ2) is 9.12. The zero-order valence-electron chi connectivity index (χ0n) is 17.8. The summed E-state index contributed by atoms with van der Waals surface area (Å²) in [5, 5.41) is 6.50. The molecule has 5 rings (SSSR count).